The van der Waals surface area contributed by atoms with Crippen LogP contribution in [0.4, 0.5) is 5.69 Å². The van der Waals surface area contributed by atoms with Gasteiger partial charge in [0.1, 0.15) is 11.8 Å². The van der Waals surface area contributed by atoms with E-state index in [1.54, 1.807) is 13.8 Å². The summed E-state index contributed by atoms with van der Waals surface area (Å²) < 4.78 is 38.5. The molecule has 28 heavy (non-hydrogen) atoms. The summed E-state index contributed by atoms with van der Waals surface area (Å²) in [5.41, 5.74) is 6.07. The molecular weight excluding hydrogens is 384 g/mol. The SMILES string of the molecule is CCN(CC)S(=O)(=O)c1ccc(OC)c(-n2cc(C#N)c(N)c2C(=O)OC)c1. The molecule has 0 saturated carbocycles. The van der Waals surface area contributed by atoms with Gasteiger partial charge in [-0.25, -0.2) is 13.2 Å². The van der Waals surface area contributed by atoms with Gasteiger partial charge < -0.3 is 19.8 Å². The average molecular weight is 406 g/mol. The zero-order valence-electron chi connectivity index (χ0n) is 16.1. The lowest BCUT2D eigenvalue weighted by Crippen LogP contribution is -2.30. The van der Waals surface area contributed by atoms with Crippen LogP contribution in [-0.2, 0) is 14.8 Å². The van der Waals surface area contributed by atoms with E-state index in [-0.39, 0.29) is 27.5 Å². The summed E-state index contributed by atoms with van der Waals surface area (Å²) in [6.45, 7) is 4.10. The van der Waals surface area contributed by atoms with Crippen LogP contribution < -0.4 is 10.5 Å². The Morgan fingerprint density at radius 1 is 1.29 bits per heavy atom. The fourth-order valence-corrected chi connectivity index (χ4v) is 4.31. The summed E-state index contributed by atoms with van der Waals surface area (Å²) in [6, 6.07) is 6.18. The van der Waals surface area contributed by atoms with Crippen LogP contribution >= 0.6 is 0 Å². The van der Waals surface area contributed by atoms with Crippen LogP contribution in [0.2, 0.25) is 0 Å². The van der Waals surface area contributed by atoms with Crippen molar-refractivity contribution in [2.75, 3.05) is 33.0 Å². The molecule has 0 unspecified atom stereocenters. The number of nitrogens with two attached hydrogens (primary N) is 1. The van der Waals surface area contributed by atoms with Gasteiger partial charge >= 0.3 is 5.97 Å². The van der Waals surface area contributed by atoms with Crippen LogP contribution in [0.25, 0.3) is 5.69 Å². The fraction of sp³-hybridized carbons (Fsp3) is 0.333. The molecule has 0 radical (unpaired) electrons. The summed E-state index contributed by atoms with van der Waals surface area (Å²) in [6.07, 6.45) is 1.34. The van der Waals surface area contributed by atoms with E-state index in [1.807, 2.05) is 6.07 Å². The lowest BCUT2D eigenvalue weighted by Gasteiger charge is -2.20. The second-order valence-corrected chi connectivity index (χ2v) is 7.64. The van der Waals surface area contributed by atoms with Crippen LogP contribution in [0, 0.1) is 11.3 Å². The number of carbonyl (C=O) groups is 1. The molecule has 0 aliphatic heterocycles. The van der Waals surface area contributed by atoms with Crippen molar-refractivity contribution in [1.82, 2.24) is 8.87 Å². The molecule has 0 aliphatic carbocycles. The van der Waals surface area contributed by atoms with Crippen molar-refractivity contribution in [3.63, 3.8) is 0 Å². The van der Waals surface area contributed by atoms with Gasteiger partial charge in [-0.1, -0.05) is 13.8 Å². The van der Waals surface area contributed by atoms with E-state index in [0.29, 0.717) is 18.8 Å². The Labute approximate surface area is 163 Å². The molecule has 0 amide bonds. The Kier molecular flexibility index (Phi) is 6.33. The minimum absolute atomic E-state index is 0.0218. The molecule has 9 nitrogen and oxygen atoms in total. The summed E-state index contributed by atoms with van der Waals surface area (Å²) in [5.74, 6) is -0.471. The predicted molar refractivity (Wildman–Crippen MR) is 103 cm³/mol. The van der Waals surface area contributed by atoms with Gasteiger partial charge in [-0.3, -0.25) is 0 Å². The Hall–Kier alpha value is -3.03. The number of anilines is 1. The number of sulfonamides is 1. The quantitative estimate of drug-likeness (QED) is 0.694. The minimum Gasteiger partial charge on any atom is -0.495 e. The monoisotopic (exact) mass is 406 g/mol. The molecule has 0 spiro atoms. The van der Waals surface area contributed by atoms with Gasteiger partial charge in [0.25, 0.3) is 0 Å². The van der Waals surface area contributed by atoms with Gasteiger partial charge in [-0.05, 0) is 18.2 Å². The first-order valence-corrected chi connectivity index (χ1v) is 9.88. The summed E-state index contributed by atoms with van der Waals surface area (Å²) in [5, 5.41) is 9.28. The van der Waals surface area contributed by atoms with Crippen molar-refractivity contribution < 1.29 is 22.7 Å². The fourth-order valence-electron chi connectivity index (χ4n) is 2.84. The smallest absolute Gasteiger partial charge is 0.357 e. The van der Waals surface area contributed by atoms with Crippen LogP contribution in [0.3, 0.4) is 0 Å². The van der Waals surface area contributed by atoms with Crippen molar-refractivity contribution in [2.45, 2.75) is 18.7 Å². The van der Waals surface area contributed by atoms with Crippen LogP contribution in [0.15, 0.2) is 29.3 Å². The van der Waals surface area contributed by atoms with E-state index in [0.717, 1.165) is 0 Å². The Morgan fingerprint density at radius 2 is 1.93 bits per heavy atom. The summed E-state index contributed by atoms with van der Waals surface area (Å²) in [7, 11) is -1.16. The third-order valence-electron chi connectivity index (χ3n) is 4.30. The number of rotatable bonds is 7. The van der Waals surface area contributed by atoms with Crippen LogP contribution in [0.5, 0.6) is 5.75 Å². The molecule has 1 aromatic carbocycles. The van der Waals surface area contributed by atoms with Crippen LogP contribution in [0.1, 0.15) is 29.9 Å². The Balaban J connectivity index is 2.80. The third kappa shape index (κ3) is 3.54. The minimum atomic E-state index is -3.75. The van der Waals surface area contributed by atoms with Crippen LogP contribution in [-0.4, -0.2) is 50.6 Å². The van der Waals surface area contributed by atoms with Crippen molar-refractivity contribution in [3.8, 4) is 17.5 Å². The first-order chi connectivity index (χ1) is 13.3. The van der Waals surface area contributed by atoms with E-state index in [2.05, 4.69) is 0 Å². The molecule has 10 heteroatoms. The molecule has 0 atom stereocenters. The van der Waals surface area contributed by atoms with E-state index < -0.39 is 16.0 Å². The molecule has 1 heterocycles. The van der Waals surface area contributed by atoms with Gasteiger partial charge in [-0.15, -0.1) is 0 Å². The largest absolute Gasteiger partial charge is 0.495 e. The van der Waals surface area contributed by atoms with E-state index in [9.17, 15) is 18.5 Å². The number of ether oxygens (including phenoxy) is 2. The second kappa shape index (κ2) is 8.33. The van der Waals surface area contributed by atoms with Crippen molar-refractivity contribution >= 4 is 21.7 Å². The molecule has 0 bridgehead atoms. The summed E-state index contributed by atoms with van der Waals surface area (Å²) >= 11 is 0. The molecule has 2 rings (SSSR count). The number of methoxy groups -OCH3 is 2. The number of nitrogen functional groups attached to an aromatic ring is 1. The molecule has 2 N–H and O–H groups in total. The maximum Gasteiger partial charge on any atom is 0.357 e. The lowest BCUT2D eigenvalue weighted by molar-refractivity contribution is 0.0593. The molecule has 150 valence electrons. The molecular formula is C18H22N4O5S. The number of hydrogen-bond donors (Lipinski definition) is 1. The predicted octanol–water partition coefficient (Wildman–Crippen LogP) is 1.76. The zero-order chi connectivity index (χ0) is 21.1. The Bertz CT molecular complexity index is 1030. The normalized spacial score (nSPS) is 11.3. The molecule has 0 fully saturated rings. The second-order valence-electron chi connectivity index (χ2n) is 5.70. The number of nitriles is 1. The van der Waals surface area contributed by atoms with Crippen molar-refractivity contribution in [1.29, 1.82) is 5.26 Å². The van der Waals surface area contributed by atoms with E-state index >= 15 is 0 Å². The highest BCUT2D eigenvalue weighted by atomic mass is 32.2. The molecule has 0 aliphatic rings. The average Bonchev–Trinajstić information content (AvgIpc) is 3.03. The van der Waals surface area contributed by atoms with Gasteiger partial charge in [0.15, 0.2) is 5.69 Å². The number of esters is 1. The maximum atomic E-state index is 12.9. The number of nitrogens with zero attached hydrogens (tertiary/aromatic N) is 3. The van der Waals surface area contributed by atoms with Gasteiger partial charge in [0.2, 0.25) is 10.0 Å². The highest BCUT2D eigenvalue weighted by Crippen LogP contribution is 2.32. The zero-order valence-corrected chi connectivity index (χ0v) is 16.9. The Morgan fingerprint density at radius 3 is 2.43 bits per heavy atom. The maximum absolute atomic E-state index is 12.9. The number of benzene rings is 1. The topological polar surface area (TPSA) is 128 Å². The number of hydrogen-bond acceptors (Lipinski definition) is 7. The first kappa shape index (κ1) is 21.3. The standard InChI is InChI=1S/C18H22N4O5S/c1-5-21(6-2)28(24,25)13-7-8-15(26-3)14(9-13)22-11-12(10-19)16(20)17(22)18(23)27-4/h7-9,11H,5-6,20H2,1-4H3. The lowest BCUT2D eigenvalue weighted by atomic mass is 10.2. The van der Waals surface area contributed by atoms with Crippen molar-refractivity contribution in [3.05, 3.63) is 35.7 Å². The third-order valence-corrected chi connectivity index (χ3v) is 6.34. The van der Waals surface area contributed by atoms with Gasteiger partial charge in [0.05, 0.1) is 36.1 Å². The number of carbonyl (C=O) groups excluding carboxylic acids is 1. The van der Waals surface area contributed by atoms with Gasteiger partial charge in [-0.2, -0.15) is 9.57 Å². The molecule has 2 aromatic rings. The van der Waals surface area contributed by atoms with E-state index in [1.165, 1.54) is 47.5 Å². The molecule has 0 saturated heterocycles. The van der Waals surface area contributed by atoms with E-state index in [4.69, 9.17) is 15.2 Å². The first-order valence-electron chi connectivity index (χ1n) is 8.44. The van der Waals surface area contributed by atoms with Crippen molar-refractivity contribution in [2.24, 2.45) is 0 Å². The number of aromatic nitrogens is 1. The highest BCUT2D eigenvalue weighted by molar-refractivity contribution is 7.89. The molecule has 1 aromatic heterocycles. The highest BCUT2D eigenvalue weighted by Gasteiger charge is 2.27. The van der Waals surface area contributed by atoms with Gasteiger partial charge in [0, 0.05) is 19.3 Å². The summed E-state index contributed by atoms with van der Waals surface area (Å²) in [4.78, 5) is 12.3.